The lowest BCUT2D eigenvalue weighted by molar-refractivity contribution is 0.265. The van der Waals surface area contributed by atoms with E-state index in [4.69, 9.17) is 9.47 Å². The summed E-state index contributed by atoms with van der Waals surface area (Å²) in [6.45, 7) is 0. The van der Waals surface area contributed by atoms with E-state index in [1.807, 2.05) is 36.4 Å². The number of rotatable bonds is 4. The minimum absolute atomic E-state index is 0.177. The van der Waals surface area contributed by atoms with Crippen molar-refractivity contribution in [2.45, 2.75) is 0 Å². The molecule has 1 N–H and O–H groups in total. The van der Waals surface area contributed by atoms with E-state index in [0.717, 1.165) is 22.7 Å². The fourth-order valence-corrected chi connectivity index (χ4v) is 3.89. The first-order valence-corrected chi connectivity index (χ1v) is 9.91. The Balaban J connectivity index is 1.80. The number of amides is 1. The molecule has 0 unspecified atom stereocenters. The van der Waals surface area contributed by atoms with Crippen LogP contribution in [0.4, 0.5) is 10.5 Å². The van der Waals surface area contributed by atoms with Crippen molar-refractivity contribution in [3.63, 3.8) is 0 Å². The molecule has 3 aromatic rings. The molecule has 1 amide bonds. The number of ether oxygens (including phenoxy) is 2. The molecule has 2 aromatic carbocycles. The van der Waals surface area contributed by atoms with Crippen molar-refractivity contribution >= 4 is 45.5 Å². The average Bonchev–Trinajstić information content (AvgIpc) is 3.10. The topological polar surface area (TPSA) is 81.9 Å². The van der Waals surface area contributed by atoms with Crippen molar-refractivity contribution in [3.05, 3.63) is 69.4 Å². The number of fused-ring (bicyclic) bond motifs is 1. The molecule has 4 rings (SSSR count). The van der Waals surface area contributed by atoms with Crippen LogP contribution in [0.15, 0.2) is 63.2 Å². The predicted octanol–water partition coefficient (Wildman–Crippen LogP) is 4.08. The van der Waals surface area contributed by atoms with Crippen LogP contribution >= 0.6 is 11.8 Å². The lowest BCUT2D eigenvalue weighted by Crippen LogP contribution is -2.21. The fraction of sp³-hybridized carbons (Fsp3) is 0.136. The van der Waals surface area contributed by atoms with Crippen LogP contribution in [0.25, 0.3) is 17.0 Å². The lowest BCUT2D eigenvalue weighted by atomic mass is 10.1. The first-order chi connectivity index (χ1) is 14.5. The lowest BCUT2D eigenvalue weighted by Gasteiger charge is -2.09. The highest BCUT2D eigenvalue weighted by atomic mass is 32.2. The molecule has 152 valence electrons. The number of aliphatic imine (C=N–C) groups is 1. The largest absolute Gasteiger partial charge is 0.497 e. The van der Waals surface area contributed by atoms with Crippen molar-refractivity contribution in [2.24, 2.45) is 12.0 Å². The summed E-state index contributed by atoms with van der Waals surface area (Å²) in [7, 11) is 4.88. The Kier molecular flexibility index (Phi) is 5.33. The van der Waals surface area contributed by atoms with Crippen molar-refractivity contribution < 1.29 is 14.3 Å². The maximum Gasteiger partial charge on any atom is 0.289 e. The number of aryl methyl sites for hydroxylation is 1. The molecule has 0 radical (unpaired) electrons. The van der Waals surface area contributed by atoms with Gasteiger partial charge in [0.05, 0.1) is 30.3 Å². The van der Waals surface area contributed by atoms with Crippen molar-refractivity contribution in [1.82, 2.24) is 9.88 Å². The molecule has 1 saturated heterocycles. The van der Waals surface area contributed by atoms with Gasteiger partial charge in [-0.2, -0.15) is 0 Å². The van der Waals surface area contributed by atoms with Gasteiger partial charge >= 0.3 is 0 Å². The predicted molar refractivity (Wildman–Crippen MR) is 120 cm³/mol. The number of carbonyl (C=O) groups is 1. The summed E-state index contributed by atoms with van der Waals surface area (Å²) in [6, 6.07) is 14.6. The van der Waals surface area contributed by atoms with E-state index in [1.54, 1.807) is 44.0 Å². The number of methoxy groups -OCH3 is 2. The van der Waals surface area contributed by atoms with Gasteiger partial charge in [-0.3, -0.25) is 9.59 Å². The Morgan fingerprint density at radius 1 is 1.03 bits per heavy atom. The van der Waals surface area contributed by atoms with E-state index in [-0.39, 0.29) is 10.8 Å². The molecule has 30 heavy (non-hydrogen) atoms. The third-order valence-electron chi connectivity index (χ3n) is 4.70. The van der Waals surface area contributed by atoms with Crippen molar-refractivity contribution in [3.8, 4) is 11.5 Å². The highest BCUT2D eigenvalue weighted by Gasteiger charge is 2.24. The summed E-state index contributed by atoms with van der Waals surface area (Å²) in [5.41, 5.74) is 1.69. The summed E-state index contributed by atoms with van der Waals surface area (Å²) >= 11 is 1.00. The van der Waals surface area contributed by atoms with Gasteiger partial charge < -0.3 is 19.4 Å². The zero-order valence-electron chi connectivity index (χ0n) is 16.6. The van der Waals surface area contributed by atoms with Gasteiger partial charge in [-0.15, -0.1) is 0 Å². The molecule has 8 heteroatoms. The quantitative estimate of drug-likeness (QED) is 0.686. The molecule has 1 aromatic heterocycles. The molecular weight excluding hydrogens is 402 g/mol. The van der Waals surface area contributed by atoms with Gasteiger partial charge in [0.25, 0.3) is 10.8 Å². The molecule has 0 spiro atoms. The Morgan fingerprint density at radius 3 is 2.57 bits per heavy atom. The Morgan fingerprint density at radius 2 is 1.80 bits per heavy atom. The molecule has 0 bridgehead atoms. The van der Waals surface area contributed by atoms with E-state index in [9.17, 15) is 9.59 Å². The molecule has 2 heterocycles. The summed E-state index contributed by atoms with van der Waals surface area (Å²) in [5.74, 6) is 1.74. The summed E-state index contributed by atoms with van der Waals surface area (Å²) in [6.07, 6.45) is 1.69. The van der Waals surface area contributed by atoms with Crippen molar-refractivity contribution in [2.75, 3.05) is 14.2 Å². The highest BCUT2D eigenvalue weighted by molar-refractivity contribution is 8.18. The summed E-state index contributed by atoms with van der Waals surface area (Å²) in [5, 5.41) is 3.38. The van der Waals surface area contributed by atoms with Gasteiger partial charge in [-0.05, 0) is 53.6 Å². The second-order valence-corrected chi connectivity index (χ2v) is 7.59. The molecular formula is C22H19N3O4S. The minimum Gasteiger partial charge on any atom is -0.497 e. The standard InChI is InChI=1S/C22H19N3O4S/c1-25-18-12-17(29-3)8-7-13(18)9-14(21(25)26)10-19-20(24-22(27)30-19)23-15-5-4-6-16(11-15)28-2/h4-12H,1-3H3,(H,23,24,27). The monoisotopic (exact) mass is 421 g/mol. The second kappa shape index (κ2) is 8.08. The van der Waals surface area contributed by atoms with Gasteiger partial charge in [0, 0.05) is 24.7 Å². The van der Waals surface area contributed by atoms with E-state index in [2.05, 4.69) is 10.3 Å². The first kappa shape index (κ1) is 19.8. The number of benzene rings is 2. The minimum atomic E-state index is -0.245. The Hall–Kier alpha value is -3.52. The van der Waals surface area contributed by atoms with E-state index in [0.29, 0.717) is 33.5 Å². The number of aromatic nitrogens is 1. The highest BCUT2D eigenvalue weighted by Crippen LogP contribution is 2.29. The SMILES string of the molecule is COc1cccc(N=C2NC(=O)SC2=Cc2cc3ccc(OC)cc3n(C)c2=O)c1. The van der Waals surface area contributed by atoms with Gasteiger partial charge in [0.2, 0.25) is 0 Å². The third-order valence-corrected chi connectivity index (χ3v) is 5.52. The van der Waals surface area contributed by atoms with Crippen LogP contribution in [0, 0.1) is 0 Å². The molecule has 1 fully saturated rings. The maximum atomic E-state index is 12.9. The van der Waals surface area contributed by atoms with Crippen LogP contribution in [-0.2, 0) is 7.05 Å². The van der Waals surface area contributed by atoms with Crippen molar-refractivity contribution in [1.29, 1.82) is 0 Å². The molecule has 0 aliphatic carbocycles. The smallest absolute Gasteiger partial charge is 0.289 e. The van der Waals surface area contributed by atoms with E-state index < -0.39 is 0 Å². The van der Waals surface area contributed by atoms with Gasteiger partial charge in [-0.25, -0.2) is 4.99 Å². The number of nitrogens with zero attached hydrogens (tertiary/aromatic N) is 2. The Bertz CT molecular complexity index is 1280. The van der Waals surface area contributed by atoms with Crippen LogP contribution in [0.5, 0.6) is 11.5 Å². The number of thioether (sulfide) groups is 1. The fourth-order valence-electron chi connectivity index (χ4n) is 3.16. The number of hydrogen-bond acceptors (Lipinski definition) is 6. The van der Waals surface area contributed by atoms with Crippen LogP contribution in [0.1, 0.15) is 5.56 Å². The molecule has 1 aliphatic heterocycles. The van der Waals surface area contributed by atoms with Crippen LogP contribution in [0.3, 0.4) is 0 Å². The molecule has 1 aliphatic rings. The first-order valence-electron chi connectivity index (χ1n) is 9.10. The third kappa shape index (κ3) is 3.81. The Labute approximate surface area is 177 Å². The van der Waals surface area contributed by atoms with Gasteiger partial charge in [-0.1, -0.05) is 6.07 Å². The number of hydrogen-bond donors (Lipinski definition) is 1. The van der Waals surface area contributed by atoms with Gasteiger partial charge in [0.1, 0.15) is 17.3 Å². The van der Waals surface area contributed by atoms with Crippen LogP contribution < -0.4 is 20.3 Å². The van der Waals surface area contributed by atoms with Crippen LogP contribution in [-0.4, -0.2) is 29.9 Å². The zero-order chi connectivity index (χ0) is 21.3. The molecule has 0 saturated carbocycles. The average molecular weight is 421 g/mol. The number of pyridine rings is 1. The van der Waals surface area contributed by atoms with E-state index in [1.165, 1.54) is 0 Å². The van der Waals surface area contributed by atoms with Crippen LogP contribution in [0.2, 0.25) is 0 Å². The number of nitrogens with one attached hydrogen (secondary N) is 1. The maximum absolute atomic E-state index is 12.9. The number of carbonyl (C=O) groups excluding carboxylic acids is 1. The normalized spacial score (nSPS) is 16.3. The van der Waals surface area contributed by atoms with E-state index >= 15 is 0 Å². The zero-order valence-corrected chi connectivity index (χ0v) is 17.4. The molecule has 7 nitrogen and oxygen atoms in total. The number of amidine groups is 1. The second-order valence-electron chi connectivity index (χ2n) is 6.57. The summed E-state index contributed by atoms with van der Waals surface area (Å²) in [4.78, 5) is 30.0. The van der Waals surface area contributed by atoms with Gasteiger partial charge in [0.15, 0.2) is 0 Å². The summed E-state index contributed by atoms with van der Waals surface area (Å²) < 4.78 is 12.0. The molecule has 0 atom stereocenters.